The van der Waals surface area contributed by atoms with Crippen molar-refractivity contribution in [1.82, 2.24) is 15.3 Å². The number of benzene rings is 3. The first kappa shape index (κ1) is 27.9. The zero-order valence-electron chi connectivity index (χ0n) is 23.3. The Hall–Kier alpha value is -3.67. The Kier molecular flexibility index (Phi) is 8.24. The molecule has 0 saturated heterocycles. The van der Waals surface area contributed by atoms with Gasteiger partial charge in [0, 0.05) is 30.7 Å². The SMILES string of the molecule is Cc1ccc(CNC(Cc2cccc(F)c2)c2cc3c(C)c(C)[nH]c3c(N3CCc4ccccc4C3)n2)cc1.Cl. The molecule has 5 aromatic rings. The van der Waals surface area contributed by atoms with Gasteiger partial charge in [-0.2, -0.15) is 0 Å². The van der Waals surface area contributed by atoms with Gasteiger partial charge in [-0.05, 0) is 79.6 Å². The molecule has 0 saturated carbocycles. The molecule has 2 aromatic heterocycles. The predicted octanol–water partition coefficient (Wildman–Crippen LogP) is 7.69. The number of aromatic amines is 1. The van der Waals surface area contributed by atoms with Crippen molar-refractivity contribution in [2.24, 2.45) is 0 Å². The van der Waals surface area contributed by atoms with Crippen LogP contribution in [0.2, 0.25) is 0 Å². The van der Waals surface area contributed by atoms with Gasteiger partial charge in [-0.3, -0.25) is 0 Å². The molecule has 0 bridgehead atoms. The number of aryl methyl sites for hydroxylation is 3. The molecule has 0 fully saturated rings. The third-order valence-corrected chi connectivity index (χ3v) is 8.09. The van der Waals surface area contributed by atoms with Crippen LogP contribution in [0.4, 0.5) is 10.2 Å². The van der Waals surface area contributed by atoms with Gasteiger partial charge in [0.2, 0.25) is 0 Å². The van der Waals surface area contributed by atoms with Gasteiger partial charge in [0.15, 0.2) is 5.82 Å². The van der Waals surface area contributed by atoms with Crippen LogP contribution in [0.25, 0.3) is 10.9 Å². The van der Waals surface area contributed by atoms with Gasteiger partial charge in [0.05, 0.1) is 17.3 Å². The first-order valence-corrected chi connectivity index (χ1v) is 13.8. The molecule has 1 atom stereocenters. The number of fused-ring (bicyclic) bond motifs is 2. The lowest BCUT2D eigenvalue weighted by molar-refractivity contribution is 0.516. The average molecular weight is 555 g/mol. The molecule has 0 radical (unpaired) electrons. The number of hydrogen-bond donors (Lipinski definition) is 2. The molecule has 0 amide bonds. The molecule has 6 heteroatoms. The van der Waals surface area contributed by atoms with E-state index >= 15 is 0 Å². The van der Waals surface area contributed by atoms with E-state index in [4.69, 9.17) is 4.98 Å². The molecule has 1 unspecified atom stereocenters. The van der Waals surface area contributed by atoms with Crippen molar-refractivity contribution in [3.63, 3.8) is 0 Å². The van der Waals surface area contributed by atoms with Crippen LogP contribution in [-0.2, 0) is 25.9 Å². The van der Waals surface area contributed by atoms with Crippen molar-refractivity contribution in [3.05, 3.63) is 129 Å². The highest BCUT2D eigenvalue weighted by Gasteiger charge is 2.24. The molecule has 0 spiro atoms. The molecule has 40 heavy (non-hydrogen) atoms. The second-order valence-corrected chi connectivity index (χ2v) is 10.9. The first-order chi connectivity index (χ1) is 18.9. The minimum absolute atomic E-state index is 0. The molecule has 6 rings (SSSR count). The maximum absolute atomic E-state index is 14.2. The number of nitrogens with zero attached hydrogens (tertiary/aromatic N) is 2. The second kappa shape index (κ2) is 11.8. The Morgan fingerprint density at radius 3 is 2.48 bits per heavy atom. The predicted molar refractivity (Wildman–Crippen MR) is 165 cm³/mol. The van der Waals surface area contributed by atoms with E-state index in [2.05, 4.69) is 90.6 Å². The van der Waals surface area contributed by atoms with Gasteiger partial charge >= 0.3 is 0 Å². The lowest BCUT2D eigenvalue weighted by Gasteiger charge is -2.31. The van der Waals surface area contributed by atoms with E-state index in [1.807, 2.05) is 6.07 Å². The lowest BCUT2D eigenvalue weighted by Crippen LogP contribution is -2.32. The van der Waals surface area contributed by atoms with E-state index in [1.165, 1.54) is 39.3 Å². The number of hydrogen-bond acceptors (Lipinski definition) is 3. The first-order valence-electron chi connectivity index (χ1n) is 13.8. The summed E-state index contributed by atoms with van der Waals surface area (Å²) in [5.74, 6) is 0.785. The molecule has 4 nitrogen and oxygen atoms in total. The lowest BCUT2D eigenvalue weighted by atomic mass is 9.98. The molecule has 206 valence electrons. The number of nitrogens with one attached hydrogen (secondary N) is 2. The standard InChI is InChI=1S/C34H35FN4.ClH/c1-22-11-13-25(14-12-22)20-36-31(18-26-7-6-10-29(35)17-26)32-19-30-23(2)24(3)37-33(30)34(38-32)39-16-15-27-8-4-5-9-28(27)21-39;/h4-14,17,19,31,36-37H,15-16,18,20-21H2,1-3H3;1H. The fourth-order valence-corrected chi connectivity index (χ4v) is 5.66. The Morgan fingerprint density at radius 1 is 0.925 bits per heavy atom. The maximum Gasteiger partial charge on any atom is 0.153 e. The fraction of sp³-hybridized carbons (Fsp3) is 0.265. The van der Waals surface area contributed by atoms with E-state index < -0.39 is 0 Å². The van der Waals surface area contributed by atoms with E-state index in [1.54, 1.807) is 12.1 Å². The number of aromatic nitrogens is 2. The van der Waals surface area contributed by atoms with E-state index in [0.717, 1.165) is 47.8 Å². The largest absolute Gasteiger partial charge is 0.355 e. The van der Waals surface area contributed by atoms with Crippen molar-refractivity contribution in [2.45, 2.75) is 52.7 Å². The summed E-state index contributed by atoms with van der Waals surface area (Å²) in [5, 5.41) is 4.96. The Bertz CT molecular complexity index is 1630. The zero-order chi connectivity index (χ0) is 26.9. The van der Waals surface area contributed by atoms with Gasteiger partial charge in [-0.25, -0.2) is 9.37 Å². The third kappa shape index (κ3) is 5.77. The summed E-state index contributed by atoms with van der Waals surface area (Å²) < 4.78 is 14.2. The van der Waals surface area contributed by atoms with Crippen LogP contribution in [0, 0.1) is 26.6 Å². The van der Waals surface area contributed by atoms with Gasteiger partial charge in [-0.15, -0.1) is 12.4 Å². The summed E-state index contributed by atoms with van der Waals surface area (Å²) in [6.07, 6.45) is 1.65. The van der Waals surface area contributed by atoms with Crippen LogP contribution in [-0.4, -0.2) is 16.5 Å². The third-order valence-electron chi connectivity index (χ3n) is 8.09. The monoisotopic (exact) mass is 554 g/mol. The van der Waals surface area contributed by atoms with Crippen LogP contribution in [0.3, 0.4) is 0 Å². The summed E-state index contributed by atoms with van der Waals surface area (Å²) in [6, 6.07) is 26.4. The summed E-state index contributed by atoms with van der Waals surface area (Å²) >= 11 is 0. The van der Waals surface area contributed by atoms with Gasteiger partial charge < -0.3 is 15.2 Å². The highest BCUT2D eigenvalue weighted by molar-refractivity contribution is 5.93. The van der Waals surface area contributed by atoms with Crippen LogP contribution >= 0.6 is 12.4 Å². The molecule has 3 aromatic carbocycles. The van der Waals surface area contributed by atoms with Gasteiger partial charge in [0.1, 0.15) is 5.82 Å². The average Bonchev–Trinajstić information content (AvgIpc) is 3.24. The van der Waals surface area contributed by atoms with Crippen LogP contribution in [0.1, 0.15) is 50.8 Å². The fourth-order valence-electron chi connectivity index (χ4n) is 5.66. The molecule has 0 aliphatic carbocycles. The maximum atomic E-state index is 14.2. The van der Waals surface area contributed by atoms with Crippen LogP contribution in [0.15, 0.2) is 78.9 Å². The van der Waals surface area contributed by atoms with Crippen molar-refractivity contribution in [1.29, 1.82) is 0 Å². The minimum atomic E-state index is -0.210. The van der Waals surface area contributed by atoms with Crippen molar-refractivity contribution in [2.75, 3.05) is 11.4 Å². The Morgan fingerprint density at radius 2 is 1.70 bits per heavy atom. The van der Waals surface area contributed by atoms with E-state index in [9.17, 15) is 4.39 Å². The number of rotatable bonds is 7. The molecular formula is C34H36ClFN4. The molecule has 1 aliphatic heterocycles. The van der Waals surface area contributed by atoms with Gasteiger partial charge in [0.25, 0.3) is 0 Å². The summed E-state index contributed by atoms with van der Waals surface area (Å²) in [4.78, 5) is 11.4. The Balaban J connectivity index is 0.00000323. The minimum Gasteiger partial charge on any atom is -0.355 e. The van der Waals surface area contributed by atoms with Crippen molar-refractivity contribution in [3.8, 4) is 0 Å². The quantitative estimate of drug-likeness (QED) is 0.217. The molecule has 1 aliphatic rings. The highest BCUT2D eigenvalue weighted by atomic mass is 35.5. The van der Waals surface area contributed by atoms with E-state index in [-0.39, 0.29) is 24.3 Å². The number of anilines is 1. The smallest absolute Gasteiger partial charge is 0.153 e. The zero-order valence-corrected chi connectivity index (χ0v) is 24.1. The topological polar surface area (TPSA) is 44.0 Å². The summed E-state index contributed by atoms with van der Waals surface area (Å²) in [5.41, 5.74) is 10.7. The second-order valence-electron chi connectivity index (χ2n) is 10.9. The van der Waals surface area contributed by atoms with Crippen molar-refractivity contribution < 1.29 is 4.39 Å². The van der Waals surface area contributed by atoms with Crippen LogP contribution < -0.4 is 10.2 Å². The molecular weight excluding hydrogens is 519 g/mol. The number of H-pyrrole nitrogens is 1. The normalized spacial score (nSPS) is 13.7. The Labute approximate surface area is 242 Å². The summed E-state index contributed by atoms with van der Waals surface area (Å²) in [7, 11) is 0. The van der Waals surface area contributed by atoms with Crippen molar-refractivity contribution >= 4 is 29.1 Å². The summed E-state index contributed by atoms with van der Waals surface area (Å²) in [6.45, 7) is 8.87. The van der Waals surface area contributed by atoms with Crippen LogP contribution in [0.5, 0.6) is 0 Å². The highest BCUT2D eigenvalue weighted by Crippen LogP contribution is 2.34. The number of pyridine rings is 1. The molecule has 2 N–H and O–H groups in total. The van der Waals surface area contributed by atoms with E-state index in [0.29, 0.717) is 13.0 Å². The number of halogens is 2. The van der Waals surface area contributed by atoms with Gasteiger partial charge in [-0.1, -0.05) is 66.2 Å². The molecule has 3 heterocycles.